The van der Waals surface area contributed by atoms with Crippen LogP contribution in [0.3, 0.4) is 0 Å². The third kappa shape index (κ3) is 5.28. The molecule has 31 heavy (non-hydrogen) atoms. The van der Waals surface area contributed by atoms with Gasteiger partial charge in [-0.2, -0.15) is 0 Å². The first-order chi connectivity index (χ1) is 14.8. The number of pyridine rings is 1. The molecule has 2 aliphatic rings. The molecule has 0 spiro atoms. The summed E-state index contributed by atoms with van der Waals surface area (Å²) >= 11 is 0. The molecule has 1 N–H and O–H groups in total. The first-order valence-corrected chi connectivity index (χ1v) is 12.3. The van der Waals surface area contributed by atoms with Gasteiger partial charge in [-0.3, -0.25) is 4.72 Å². The lowest BCUT2D eigenvalue weighted by atomic mass is 9.98. The highest BCUT2D eigenvalue weighted by molar-refractivity contribution is 7.92. The number of benzene rings is 1. The average Bonchev–Trinajstić information content (AvgIpc) is 3.19. The summed E-state index contributed by atoms with van der Waals surface area (Å²) in [5.74, 6) is 1.55. The lowest BCUT2D eigenvalue weighted by molar-refractivity contribution is 0.129. The zero-order valence-electron chi connectivity index (χ0n) is 18.2. The van der Waals surface area contributed by atoms with E-state index in [0.717, 1.165) is 47.3 Å². The van der Waals surface area contributed by atoms with Crippen LogP contribution >= 0.6 is 0 Å². The molecule has 9 heteroatoms. The van der Waals surface area contributed by atoms with Crippen molar-refractivity contribution in [2.75, 3.05) is 44.8 Å². The van der Waals surface area contributed by atoms with Gasteiger partial charge < -0.3 is 19.1 Å². The summed E-state index contributed by atoms with van der Waals surface area (Å²) in [6.45, 7) is 3.92. The van der Waals surface area contributed by atoms with Crippen LogP contribution in [0.1, 0.15) is 24.0 Å². The van der Waals surface area contributed by atoms with Crippen molar-refractivity contribution < 1.29 is 22.6 Å². The number of methoxy groups -OCH3 is 1. The van der Waals surface area contributed by atoms with Crippen LogP contribution < -0.4 is 14.2 Å². The summed E-state index contributed by atoms with van der Waals surface area (Å²) in [6.07, 6.45) is 5.13. The number of aromatic nitrogens is 1. The van der Waals surface area contributed by atoms with Crippen molar-refractivity contribution in [3.63, 3.8) is 0 Å². The van der Waals surface area contributed by atoms with Gasteiger partial charge >= 0.3 is 0 Å². The molecule has 1 unspecified atom stereocenters. The fraction of sp³-hybridized carbons (Fsp3) is 0.500. The minimum atomic E-state index is -3.47. The summed E-state index contributed by atoms with van der Waals surface area (Å²) in [7, 11) is 0.134. The maximum absolute atomic E-state index is 11.7. The van der Waals surface area contributed by atoms with E-state index < -0.39 is 10.0 Å². The van der Waals surface area contributed by atoms with Gasteiger partial charge in [0.05, 0.1) is 33.2 Å². The normalized spacial score (nSPS) is 19.1. The quantitative estimate of drug-likeness (QED) is 0.698. The number of rotatable bonds is 7. The van der Waals surface area contributed by atoms with E-state index in [1.165, 1.54) is 20.0 Å². The Kier molecular flexibility index (Phi) is 6.36. The van der Waals surface area contributed by atoms with E-state index >= 15 is 0 Å². The number of nitrogens with one attached hydrogen (secondary N) is 1. The highest BCUT2D eigenvalue weighted by Gasteiger charge is 2.22. The summed E-state index contributed by atoms with van der Waals surface area (Å²) in [5.41, 5.74) is 4.13. The summed E-state index contributed by atoms with van der Waals surface area (Å²) < 4.78 is 43.1. The Morgan fingerprint density at radius 3 is 2.84 bits per heavy atom. The first-order valence-electron chi connectivity index (χ1n) is 10.4. The molecule has 1 fully saturated rings. The second-order valence-corrected chi connectivity index (χ2v) is 10.1. The van der Waals surface area contributed by atoms with Crippen LogP contribution in [0.15, 0.2) is 24.4 Å². The average molecular weight is 448 g/mol. The number of sulfonamides is 1. The summed E-state index contributed by atoms with van der Waals surface area (Å²) in [5, 5.41) is 0. The molecular weight excluding hydrogens is 418 g/mol. The minimum Gasteiger partial charge on any atom is -0.493 e. The highest BCUT2D eigenvalue weighted by Crippen LogP contribution is 2.37. The van der Waals surface area contributed by atoms with Gasteiger partial charge in [0.2, 0.25) is 15.9 Å². The Labute approximate surface area is 183 Å². The van der Waals surface area contributed by atoms with Gasteiger partial charge in [-0.1, -0.05) is 0 Å². The Hall–Kier alpha value is -2.36. The van der Waals surface area contributed by atoms with Gasteiger partial charge in [0.25, 0.3) is 0 Å². The van der Waals surface area contributed by atoms with Gasteiger partial charge in [0.15, 0.2) is 0 Å². The first kappa shape index (κ1) is 21.9. The number of hydrogen-bond acceptors (Lipinski definition) is 7. The second kappa shape index (κ2) is 9.02. The van der Waals surface area contributed by atoms with Crippen LogP contribution in [0.4, 0.5) is 5.69 Å². The molecule has 1 atom stereocenters. The molecule has 0 radical (unpaired) electrons. The van der Waals surface area contributed by atoms with Crippen LogP contribution in [0.25, 0.3) is 11.1 Å². The number of likely N-dealkylation sites (tertiary alicyclic amines) is 1. The minimum absolute atomic E-state index is 0.219. The van der Waals surface area contributed by atoms with Gasteiger partial charge in [-0.05, 0) is 55.8 Å². The third-order valence-electron chi connectivity index (χ3n) is 5.68. The van der Waals surface area contributed by atoms with Gasteiger partial charge in [-0.25, -0.2) is 13.4 Å². The van der Waals surface area contributed by atoms with Crippen LogP contribution in [0.5, 0.6) is 11.6 Å². The molecule has 2 aliphatic heterocycles. The van der Waals surface area contributed by atoms with E-state index in [2.05, 4.69) is 27.7 Å². The molecule has 0 amide bonds. The van der Waals surface area contributed by atoms with E-state index in [1.54, 1.807) is 12.3 Å². The van der Waals surface area contributed by atoms with Crippen molar-refractivity contribution in [2.45, 2.75) is 26.1 Å². The molecule has 0 saturated carbocycles. The second-order valence-electron chi connectivity index (χ2n) is 8.34. The number of hydrogen-bond donors (Lipinski definition) is 1. The summed E-state index contributed by atoms with van der Waals surface area (Å²) in [6, 6.07) is 5.77. The van der Waals surface area contributed by atoms with Gasteiger partial charge in [0, 0.05) is 29.8 Å². The van der Waals surface area contributed by atoms with E-state index in [1.807, 2.05) is 6.07 Å². The van der Waals surface area contributed by atoms with Crippen LogP contribution in [-0.4, -0.2) is 58.4 Å². The van der Waals surface area contributed by atoms with Crippen molar-refractivity contribution in [1.29, 1.82) is 0 Å². The molecule has 8 nitrogen and oxygen atoms in total. The molecule has 2 aromatic rings. The predicted octanol–water partition coefficient (Wildman–Crippen LogP) is 2.88. The Bertz CT molecular complexity index is 1060. The monoisotopic (exact) mass is 447 g/mol. The van der Waals surface area contributed by atoms with Crippen molar-refractivity contribution in [3.05, 3.63) is 35.5 Å². The van der Waals surface area contributed by atoms with Crippen molar-refractivity contribution >= 4 is 15.7 Å². The standard InChI is InChI=1S/C22H29N3O5S/c1-25-6-4-5-15(11-25)12-30-21-9-16(7-18-13-29-14-19(18)21)17-8-20(24-31(3,26)27)22(28-2)23-10-17/h7-10,15,24H,4-6,11-14H2,1-3H3. The van der Waals surface area contributed by atoms with Crippen LogP contribution in [-0.2, 0) is 28.0 Å². The van der Waals surface area contributed by atoms with E-state index in [0.29, 0.717) is 31.4 Å². The lowest BCUT2D eigenvalue weighted by Gasteiger charge is -2.29. The molecule has 1 saturated heterocycles. The third-order valence-corrected chi connectivity index (χ3v) is 6.27. The highest BCUT2D eigenvalue weighted by atomic mass is 32.2. The lowest BCUT2D eigenvalue weighted by Crippen LogP contribution is -2.34. The molecular formula is C22H29N3O5S. The fourth-order valence-electron chi connectivity index (χ4n) is 4.22. The molecule has 1 aromatic heterocycles. The van der Waals surface area contributed by atoms with Crippen molar-refractivity contribution in [2.24, 2.45) is 5.92 Å². The Balaban J connectivity index is 1.63. The fourth-order valence-corrected chi connectivity index (χ4v) is 4.76. The zero-order valence-corrected chi connectivity index (χ0v) is 19.0. The zero-order chi connectivity index (χ0) is 22.0. The molecule has 0 aliphatic carbocycles. The number of nitrogens with zero attached hydrogens (tertiary/aromatic N) is 2. The van der Waals surface area contributed by atoms with E-state index in [9.17, 15) is 8.42 Å². The van der Waals surface area contributed by atoms with Crippen molar-refractivity contribution in [1.82, 2.24) is 9.88 Å². The van der Waals surface area contributed by atoms with Crippen LogP contribution in [0.2, 0.25) is 0 Å². The summed E-state index contributed by atoms with van der Waals surface area (Å²) in [4.78, 5) is 6.63. The Morgan fingerprint density at radius 2 is 2.10 bits per heavy atom. The van der Waals surface area contributed by atoms with Gasteiger partial charge in [0.1, 0.15) is 11.4 Å². The van der Waals surface area contributed by atoms with E-state index in [-0.39, 0.29) is 5.88 Å². The predicted molar refractivity (Wildman–Crippen MR) is 119 cm³/mol. The number of anilines is 1. The van der Waals surface area contributed by atoms with Gasteiger partial charge in [-0.15, -0.1) is 0 Å². The van der Waals surface area contributed by atoms with Crippen molar-refractivity contribution in [3.8, 4) is 22.8 Å². The molecule has 0 bridgehead atoms. The maximum Gasteiger partial charge on any atom is 0.238 e. The molecule has 168 valence electrons. The topological polar surface area (TPSA) is 90.0 Å². The number of fused-ring (bicyclic) bond motifs is 1. The van der Waals surface area contributed by atoms with E-state index in [4.69, 9.17) is 14.2 Å². The molecule has 1 aromatic carbocycles. The number of ether oxygens (including phenoxy) is 3. The molecule has 4 rings (SSSR count). The van der Waals surface area contributed by atoms with Crippen LogP contribution in [0, 0.1) is 5.92 Å². The maximum atomic E-state index is 11.7. The largest absolute Gasteiger partial charge is 0.493 e. The number of piperidine rings is 1. The SMILES string of the molecule is COc1ncc(-c2cc3c(c(OCC4CCCN(C)C4)c2)COC3)cc1NS(C)(=O)=O. The smallest absolute Gasteiger partial charge is 0.238 e. The Morgan fingerprint density at radius 1 is 1.26 bits per heavy atom. The molecule has 3 heterocycles.